The summed E-state index contributed by atoms with van der Waals surface area (Å²) in [6.45, 7) is 7.99. The molecule has 1 fully saturated rings. The molecule has 0 bridgehead atoms. The Kier molecular flexibility index (Phi) is 9.20. The van der Waals surface area contributed by atoms with Crippen molar-refractivity contribution < 1.29 is 18.6 Å². The quantitative estimate of drug-likeness (QED) is 0.378. The minimum atomic E-state index is -0.275. The Bertz CT molecular complexity index is 533. The van der Waals surface area contributed by atoms with E-state index in [1.165, 1.54) is 12.1 Å². The standard InChI is InChI=1S/C19H30FN3O3/c1-3-21-19(22-10-12-24-14-18-5-4-11-25-18)23-13-15(2)26-17-8-6-16(20)7-9-17/h6-9,15,18H,3-5,10-14H2,1-2H3,(H2,21,22,23). The lowest BCUT2D eigenvalue weighted by Gasteiger charge is -2.15. The van der Waals surface area contributed by atoms with Gasteiger partial charge in [-0.1, -0.05) is 0 Å². The van der Waals surface area contributed by atoms with Crippen molar-refractivity contribution in [2.75, 3.05) is 39.5 Å². The van der Waals surface area contributed by atoms with E-state index in [4.69, 9.17) is 14.2 Å². The van der Waals surface area contributed by atoms with Crippen molar-refractivity contribution >= 4 is 5.96 Å². The third-order valence-electron chi connectivity index (χ3n) is 3.87. The molecular weight excluding hydrogens is 337 g/mol. The van der Waals surface area contributed by atoms with E-state index in [0.29, 0.717) is 32.1 Å². The van der Waals surface area contributed by atoms with E-state index in [1.54, 1.807) is 12.1 Å². The first kappa shape index (κ1) is 20.5. The van der Waals surface area contributed by atoms with E-state index in [2.05, 4.69) is 15.6 Å². The smallest absolute Gasteiger partial charge is 0.191 e. The lowest BCUT2D eigenvalue weighted by molar-refractivity contribution is 0.0191. The number of nitrogens with one attached hydrogen (secondary N) is 2. The first-order valence-corrected chi connectivity index (χ1v) is 9.31. The summed E-state index contributed by atoms with van der Waals surface area (Å²) in [5, 5.41) is 6.44. The third kappa shape index (κ3) is 8.01. The highest BCUT2D eigenvalue weighted by Gasteiger charge is 2.15. The van der Waals surface area contributed by atoms with E-state index >= 15 is 0 Å². The zero-order chi connectivity index (χ0) is 18.6. The summed E-state index contributed by atoms with van der Waals surface area (Å²) in [7, 11) is 0. The summed E-state index contributed by atoms with van der Waals surface area (Å²) < 4.78 is 29.8. The molecule has 2 rings (SSSR count). The van der Waals surface area contributed by atoms with Crippen LogP contribution in [0.2, 0.25) is 0 Å². The molecule has 2 N–H and O–H groups in total. The molecule has 1 aromatic rings. The fourth-order valence-corrected chi connectivity index (χ4v) is 2.58. The molecule has 26 heavy (non-hydrogen) atoms. The molecule has 1 saturated heterocycles. The Hall–Kier alpha value is -1.86. The molecule has 0 radical (unpaired) electrons. The minimum Gasteiger partial charge on any atom is -0.489 e. The second kappa shape index (κ2) is 11.7. The maximum absolute atomic E-state index is 12.9. The fraction of sp³-hybridized carbons (Fsp3) is 0.632. The van der Waals surface area contributed by atoms with Gasteiger partial charge in [-0.05, 0) is 51.0 Å². The number of ether oxygens (including phenoxy) is 3. The average Bonchev–Trinajstić information content (AvgIpc) is 3.15. The van der Waals surface area contributed by atoms with E-state index in [1.807, 2.05) is 13.8 Å². The van der Waals surface area contributed by atoms with Crippen LogP contribution in [0.1, 0.15) is 26.7 Å². The molecule has 0 spiro atoms. The Balaban J connectivity index is 1.66. The number of benzene rings is 1. The highest BCUT2D eigenvalue weighted by atomic mass is 19.1. The SMILES string of the molecule is CCNC(=NCC(C)Oc1ccc(F)cc1)NCCOCC1CCCO1. The summed E-state index contributed by atoms with van der Waals surface area (Å²) in [5.74, 6) is 1.08. The van der Waals surface area contributed by atoms with Crippen LogP contribution in [0.3, 0.4) is 0 Å². The number of aliphatic imine (C=N–C) groups is 1. The van der Waals surface area contributed by atoms with Crippen LogP contribution in [0.15, 0.2) is 29.3 Å². The molecule has 0 amide bonds. The predicted molar refractivity (Wildman–Crippen MR) is 100 cm³/mol. The van der Waals surface area contributed by atoms with Crippen molar-refractivity contribution in [1.29, 1.82) is 0 Å². The molecule has 2 unspecified atom stereocenters. The van der Waals surface area contributed by atoms with Gasteiger partial charge in [-0.25, -0.2) is 9.38 Å². The number of hydrogen-bond donors (Lipinski definition) is 2. The van der Waals surface area contributed by atoms with Crippen molar-refractivity contribution in [3.05, 3.63) is 30.1 Å². The van der Waals surface area contributed by atoms with E-state index in [9.17, 15) is 4.39 Å². The van der Waals surface area contributed by atoms with Gasteiger partial charge < -0.3 is 24.8 Å². The molecule has 1 aliphatic heterocycles. The van der Waals surface area contributed by atoms with Crippen molar-refractivity contribution in [3.63, 3.8) is 0 Å². The van der Waals surface area contributed by atoms with Crippen molar-refractivity contribution in [2.24, 2.45) is 4.99 Å². The molecule has 0 aliphatic carbocycles. The average molecular weight is 367 g/mol. The zero-order valence-electron chi connectivity index (χ0n) is 15.7. The second-order valence-corrected chi connectivity index (χ2v) is 6.24. The maximum Gasteiger partial charge on any atom is 0.191 e. The molecule has 0 aromatic heterocycles. The zero-order valence-corrected chi connectivity index (χ0v) is 15.7. The molecule has 2 atom stereocenters. The van der Waals surface area contributed by atoms with Crippen molar-refractivity contribution in [3.8, 4) is 5.75 Å². The lowest BCUT2D eigenvalue weighted by Crippen LogP contribution is -2.39. The van der Waals surface area contributed by atoms with Crippen LogP contribution >= 0.6 is 0 Å². The minimum absolute atomic E-state index is 0.119. The Labute approximate surface area is 155 Å². The van der Waals surface area contributed by atoms with Crippen molar-refractivity contribution in [1.82, 2.24) is 10.6 Å². The monoisotopic (exact) mass is 367 g/mol. The van der Waals surface area contributed by atoms with Gasteiger partial charge in [-0.15, -0.1) is 0 Å². The van der Waals surface area contributed by atoms with Crippen LogP contribution in [0.5, 0.6) is 5.75 Å². The maximum atomic E-state index is 12.9. The van der Waals surface area contributed by atoms with E-state index < -0.39 is 0 Å². The molecule has 7 heteroatoms. The second-order valence-electron chi connectivity index (χ2n) is 6.24. The first-order valence-electron chi connectivity index (χ1n) is 9.31. The topological polar surface area (TPSA) is 64.1 Å². The molecular formula is C19H30FN3O3. The Morgan fingerprint density at radius 3 is 2.85 bits per heavy atom. The molecule has 1 aromatic carbocycles. The van der Waals surface area contributed by atoms with Gasteiger partial charge in [0.25, 0.3) is 0 Å². The van der Waals surface area contributed by atoms with Gasteiger partial charge in [-0.2, -0.15) is 0 Å². The number of nitrogens with zero attached hydrogens (tertiary/aromatic N) is 1. The van der Waals surface area contributed by atoms with Gasteiger partial charge >= 0.3 is 0 Å². The highest BCUT2D eigenvalue weighted by molar-refractivity contribution is 5.79. The first-order chi connectivity index (χ1) is 12.7. The number of guanidine groups is 1. The van der Waals surface area contributed by atoms with Crippen LogP contribution in [-0.2, 0) is 9.47 Å². The number of rotatable bonds is 10. The number of halogens is 1. The molecule has 6 nitrogen and oxygen atoms in total. The summed E-state index contributed by atoms with van der Waals surface area (Å²) in [4.78, 5) is 4.52. The number of hydrogen-bond acceptors (Lipinski definition) is 4. The van der Waals surface area contributed by atoms with Crippen LogP contribution in [-0.4, -0.2) is 57.6 Å². The largest absolute Gasteiger partial charge is 0.489 e. The van der Waals surface area contributed by atoms with Gasteiger partial charge in [0.2, 0.25) is 0 Å². The van der Waals surface area contributed by atoms with Crippen molar-refractivity contribution in [2.45, 2.75) is 38.9 Å². The van der Waals surface area contributed by atoms with Crippen LogP contribution in [0.25, 0.3) is 0 Å². The predicted octanol–water partition coefficient (Wildman–Crippen LogP) is 2.34. The van der Waals surface area contributed by atoms with Gasteiger partial charge in [0.1, 0.15) is 17.7 Å². The van der Waals surface area contributed by atoms with Crippen LogP contribution in [0.4, 0.5) is 4.39 Å². The lowest BCUT2D eigenvalue weighted by atomic mass is 10.2. The third-order valence-corrected chi connectivity index (χ3v) is 3.87. The summed E-state index contributed by atoms with van der Waals surface area (Å²) in [6, 6.07) is 6.00. The molecule has 1 aliphatic rings. The Morgan fingerprint density at radius 1 is 1.35 bits per heavy atom. The normalized spacial score (nSPS) is 18.6. The molecule has 1 heterocycles. The van der Waals surface area contributed by atoms with E-state index in [0.717, 1.165) is 32.0 Å². The van der Waals surface area contributed by atoms with Crippen LogP contribution in [0, 0.1) is 5.82 Å². The van der Waals surface area contributed by atoms with Gasteiger partial charge in [0, 0.05) is 19.7 Å². The summed E-state index contributed by atoms with van der Waals surface area (Å²) in [5.41, 5.74) is 0. The van der Waals surface area contributed by atoms with Gasteiger partial charge in [0.05, 0.1) is 25.9 Å². The van der Waals surface area contributed by atoms with E-state index in [-0.39, 0.29) is 18.0 Å². The Morgan fingerprint density at radius 2 is 2.15 bits per heavy atom. The fourth-order valence-electron chi connectivity index (χ4n) is 2.58. The molecule has 0 saturated carbocycles. The van der Waals surface area contributed by atoms with Gasteiger partial charge in [-0.3, -0.25) is 0 Å². The highest BCUT2D eigenvalue weighted by Crippen LogP contribution is 2.13. The van der Waals surface area contributed by atoms with Gasteiger partial charge in [0.15, 0.2) is 5.96 Å². The molecule has 146 valence electrons. The summed E-state index contributed by atoms with van der Waals surface area (Å²) in [6.07, 6.45) is 2.35. The van der Waals surface area contributed by atoms with Crippen LogP contribution < -0.4 is 15.4 Å². The summed E-state index contributed by atoms with van der Waals surface area (Å²) >= 11 is 0.